The molecule has 1 fully saturated rings. The van der Waals surface area contributed by atoms with Gasteiger partial charge in [-0.25, -0.2) is 0 Å². The number of rotatable bonds is 3. The molecule has 0 aromatic carbocycles. The predicted octanol–water partition coefficient (Wildman–Crippen LogP) is 4.69. The largest absolute Gasteiger partial charge is 0.312 e. The molecule has 2 heteroatoms. The Morgan fingerprint density at radius 3 is 2.67 bits per heavy atom. The van der Waals surface area contributed by atoms with Crippen LogP contribution in [-0.4, -0.2) is 17.1 Å². The number of hydrogen-bond acceptors (Lipinski definition) is 2. The molecule has 1 aromatic rings. The Bertz CT molecular complexity index is 471. The van der Waals surface area contributed by atoms with Crippen molar-refractivity contribution in [2.45, 2.75) is 72.3 Å². The molecule has 1 heterocycles. The SMILES string of the molecule is Cc1ccncc1C1CC(C)(C)CCC1CNC(C)(C)C. The van der Waals surface area contributed by atoms with Crippen molar-refractivity contribution >= 4 is 0 Å². The summed E-state index contributed by atoms with van der Waals surface area (Å²) in [5, 5.41) is 3.72. The summed E-state index contributed by atoms with van der Waals surface area (Å²) in [5.41, 5.74) is 3.51. The Kier molecular flexibility index (Phi) is 4.77. The highest BCUT2D eigenvalue weighted by molar-refractivity contribution is 5.27. The minimum absolute atomic E-state index is 0.196. The van der Waals surface area contributed by atoms with E-state index in [0.29, 0.717) is 11.3 Å². The van der Waals surface area contributed by atoms with Crippen LogP contribution in [0.3, 0.4) is 0 Å². The zero-order chi connectivity index (χ0) is 15.7. The lowest BCUT2D eigenvalue weighted by atomic mass is 9.64. The number of aromatic nitrogens is 1. The maximum atomic E-state index is 4.39. The van der Waals surface area contributed by atoms with E-state index in [1.807, 2.05) is 6.20 Å². The summed E-state index contributed by atoms with van der Waals surface area (Å²) in [6, 6.07) is 2.16. The van der Waals surface area contributed by atoms with Gasteiger partial charge in [-0.15, -0.1) is 0 Å². The lowest BCUT2D eigenvalue weighted by molar-refractivity contribution is 0.153. The van der Waals surface area contributed by atoms with E-state index in [9.17, 15) is 0 Å². The summed E-state index contributed by atoms with van der Waals surface area (Å²) >= 11 is 0. The molecule has 1 aliphatic rings. The fraction of sp³-hybridized carbons (Fsp3) is 0.737. The first kappa shape index (κ1) is 16.5. The van der Waals surface area contributed by atoms with Crippen molar-refractivity contribution in [2.75, 3.05) is 6.54 Å². The Morgan fingerprint density at radius 2 is 2.05 bits per heavy atom. The van der Waals surface area contributed by atoms with E-state index >= 15 is 0 Å². The van der Waals surface area contributed by atoms with Gasteiger partial charge in [0.15, 0.2) is 0 Å². The van der Waals surface area contributed by atoms with E-state index in [4.69, 9.17) is 0 Å². The third-order valence-corrected chi connectivity index (χ3v) is 4.91. The zero-order valence-corrected chi connectivity index (χ0v) is 14.7. The van der Waals surface area contributed by atoms with Crippen molar-refractivity contribution < 1.29 is 0 Å². The summed E-state index contributed by atoms with van der Waals surface area (Å²) in [6.07, 6.45) is 7.94. The Morgan fingerprint density at radius 1 is 1.33 bits per heavy atom. The normalized spacial score (nSPS) is 25.8. The topological polar surface area (TPSA) is 24.9 Å². The maximum absolute atomic E-state index is 4.39. The summed E-state index contributed by atoms with van der Waals surface area (Å²) < 4.78 is 0. The minimum atomic E-state index is 0.196. The van der Waals surface area contributed by atoms with Crippen LogP contribution in [-0.2, 0) is 0 Å². The van der Waals surface area contributed by atoms with Gasteiger partial charge in [-0.3, -0.25) is 4.98 Å². The van der Waals surface area contributed by atoms with Crippen LogP contribution >= 0.6 is 0 Å². The van der Waals surface area contributed by atoms with Gasteiger partial charge in [0.2, 0.25) is 0 Å². The van der Waals surface area contributed by atoms with Gasteiger partial charge >= 0.3 is 0 Å². The molecule has 2 unspecified atom stereocenters. The van der Waals surface area contributed by atoms with Crippen molar-refractivity contribution in [2.24, 2.45) is 11.3 Å². The van der Waals surface area contributed by atoms with Gasteiger partial charge in [-0.1, -0.05) is 13.8 Å². The molecule has 0 radical (unpaired) electrons. The van der Waals surface area contributed by atoms with E-state index in [-0.39, 0.29) is 5.54 Å². The van der Waals surface area contributed by atoms with Crippen LogP contribution < -0.4 is 5.32 Å². The Labute approximate surface area is 130 Å². The molecule has 0 bridgehead atoms. The standard InChI is InChI=1S/C19H32N2/c1-14-8-10-20-13-17(14)16-11-19(5,6)9-7-15(16)12-21-18(2,3)4/h8,10,13,15-16,21H,7,9,11-12H2,1-6H3. The molecule has 0 saturated heterocycles. The molecular weight excluding hydrogens is 256 g/mol. The second kappa shape index (κ2) is 6.08. The van der Waals surface area contributed by atoms with E-state index in [0.717, 1.165) is 12.5 Å². The third-order valence-electron chi connectivity index (χ3n) is 4.91. The van der Waals surface area contributed by atoms with Gasteiger partial charge in [0.05, 0.1) is 0 Å². The van der Waals surface area contributed by atoms with Crippen LogP contribution in [0.25, 0.3) is 0 Å². The van der Waals surface area contributed by atoms with Gasteiger partial charge in [0.1, 0.15) is 0 Å². The number of nitrogens with zero attached hydrogens (tertiary/aromatic N) is 1. The molecule has 0 spiro atoms. The average Bonchev–Trinajstić information content (AvgIpc) is 2.36. The molecular formula is C19H32N2. The lowest BCUT2D eigenvalue weighted by Crippen LogP contribution is -2.42. The monoisotopic (exact) mass is 288 g/mol. The van der Waals surface area contributed by atoms with Gasteiger partial charge in [-0.05, 0) is 87.9 Å². The van der Waals surface area contributed by atoms with Crippen LogP contribution in [0.15, 0.2) is 18.5 Å². The molecule has 1 saturated carbocycles. The van der Waals surface area contributed by atoms with Crippen LogP contribution in [0.5, 0.6) is 0 Å². The van der Waals surface area contributed by atoms with Crippen molar-refractivity contribution in [3.05, 3.63) is 29.6 Å². The quantitative estimate of drug-likeness (QED) is 0.873. The van der Waals surface area contributed by atoms with Gasteiger partial charge < -0.3 is 5.32 Å². The molecule has 0 amide bonds. The predicted molar refractivity (Wildman–Crippen MR) is 90.6 cm³/mol. The first-order valence-electron chi connectivity index (χ1n) is 8.33. The van der Waals surface area contributed by atoms with Crippen molar-refractivity contribution in [1.82, 2.24) is 10.3 Å². The van der Waals surface area contributed by atoms with E-state index < -0.39 is 0 Å². The molecule has 0 aliphatic heterocycles. The molecule has 2 atom stereocenters. The zero-order valence-electron chi connectivity index (χ0n) is 14.7. The van der Waals surface area contributed by atoms with Crippen LogP contribution in [0, 0.1) is 18.3 Å². The van der Waals surface area contributed by atoms with E-state index in [1.165, 1.54) is 30.4 Å². The first-order chi connectivity index (χ1) is 9.68. The molecule has 2 nitrogen and oxygen atoms in total. The molecule has 1 N–H and O–H groups in total. The number of nitrogens with one attached hydrogen (secondary N) is 1. The fourth-order valence-electron chi connectivity index (χ4n) is 3.55. The maximum Gasteiger partial charge on any atom is 0.0305 e. The highest BCUT2D eigenvalue weighted by Crippen LogP contribution is 2.47. The highest BCUT2D eigenvalue weighted by Gasteiger charge is 2.36. The minimum Gasteiger partial charge on any atom is -0.312 e. The third kappa shape index (κ3) is 4.54. The smallest absolute Gasteiger partial charge is 0.0305 e. The van der Waals surface area contributed by atoms with Gasteiger partial charge in [-0.2, -0.15) is 0 Å². The van der Waals surface area contributed by atoms with Crippen LogP contribution in [0.1, 0.15) is 70.9 Å². The average molecular weight is 288 g/mol. The van der Waals surface area contributed by atoms with Crippen molar-refractivity contribution in [3.63, 3.8) is 0 Å². The summed E-state index contributed by atoms with van der Waals surface area (Å²) in [7, 11) is 0. The number of hydrogen-bond donors (Lipinski definition) is 1. The summed E-state index contributed by atoms with van der Waals surface area (Å²) in [6.45, 7) is 14.9. The highest BCUT2D eigenvalue weighted by atomic mass is 14.9. The van der Waals surface area contributed by atoms with Crippen LogP contribution in [0.4, 0.5) is 0 Å². The van der Waals surface area contributed by atoms with Crippen molar-refractivity contribution in [3.8, 4) is 0 Å². The molecule has 2 rings (SSSR count). The number of pyridine rings is 1. The lowest BCUT2D eigenvalue weighted by Gasteiger charge is -2.42. The van der Waals surface area contributed by atoms with E-state index in [1.54, 1.807) is 0 Å². The van der Waals surface area contributed by atoms with Crippen LogP contribution in [0.2, 0.25) is 0 Å². The van der Waals surface area contributed by atoms with Gasteiger partial charge in [0.25, 0.3) is 0 Å². The second-order valence-corrected chi connectivity index (χ2v) is 8.64. The molecule has 1 aliphatic carbocycles. The summed E-state index contributed by atoms with van der Waals surface area (Å²) in [5.74, 6) is 1.36. The van der Waals surface area contributed by atoms with E-state index in [2.05, 4.69) is 64.1 Å². The first-order valence-corrected chi connectivity index (χ1v) is 8.33. The van der Waals surface area contributed by atoms with Crippen molar-refractivity contribution in [1.29, 1.82) is 0 Å². The Balaban J connectivity index is 2.20. The fourth-order valence-corrected chi connectivity index (χ4v) is 3.55. The number of aryl methyl sites for hydroxylation is 1. The second-order valence-electron chi connectivity index (χ2n) is 8.64. The Hall–Kier alpha value is -0.890. The molecule has 1 aromatic heterocycles. The summed E-state index contributed by atoms with van der Waals surface area (Å²) in [4.78, 5) is 4.39. The van der Waals surface area contributed by atoms with Gasteiger partial charge in [0, 0.05) is 17.9 Å². The molecule has 21 heavy (non-hydrogen) atoms. The molecule has 118 valence electrons.